The molecule has 3 rings (SSSR count). The molecule has 7 heteroatoms. The van der Waals surface area contributed by atoms with E-state index in [0.717, 1.165) is 25.7 Å². The first-order chi connectivity index (χ1) is 19.5. The molecule has 1 heterocycles. The molecule has 0 unspecified atom stereocenters. The summed E-state index contributed by atoms with van der Waals surface area (Å²) in [6.45, 7) is 2.63. The highest BCUT2D eigenvalue weighted by Gasteiger charge is 2.45. The average Bonchev–Trinajstić information content (AvgIpc) is 3.22. The van der Waals surface area contributed by atoms with Crippen molar-refractivity contribution in [3.63, 3.8) is 0 Å². The van der Waals surface area contributed by atoms with Gasteiger partial charge in [0.05, 0.1) is 16.5 Å². The lowest BCUT2D eigenvalue weighted by atomic mass is 9.95. The van der Waals surface area contributed by atoms with Gasteiger partial charge >= 0.3 is 0 Å². The molecule has 0 aliphatic carbocycles. The fourth-order valence-electron chi connectivity index (χ4n) is 5.46. The van der Waals surface area contributed by atoms with Gasteiger partial charge in [-0.3, -0.25) is 19.7 Å². The Kier molecular flexibility index (Phi) is 12.9. The minimum absolute atomic E-state index is 0.0235. The van der Waals surface area contributed by atoms with Gasteiger partial charge in [-0.2, -0.15) is 0 Å². The van der Waals surface area contributed by atoms with Crippen LogP contribution < -0.4 is 0 Å². The summed E-state index contributed by atoms with van der Waals surface area (Å²) >= 11 is 0. The van der Waals surface area contributed by atoms with Crippen LogP contribution in [0.25, 0.3) is 5.76 Å². The number of rotatable bonds is 18. The van der Waals surface area contributed by atoms with Crippen LogP contribution in [0.3, 0.4) is 0 Å². The van der Waals surface area contributed by atoms with Gasteiger partial charge in [-0.05, 0) is 24.1 Å². The number of likely N-dealkylation sites (tertiary alicyclic amines) is 1. The zero-order valence-corrected chi connectivity index (χ0v) is 23.9. The van der Waals surface area contributed by atoms with Crippen molar-refractivity contribution in [2.24, 2.45) is 0 Å². The van der Waals surface area contributed by atoms with E-state index in [0.29, 0.717) is 17.7 Å². The highest BCUT2D eigenvalue weighted by molar-refractivity contribution is 6.46. The van der Waals surface area contributed by atoms with E-state index in [4.69, 9.17) is 0 Å². The average molecular weight is 549 g/mol. The number of amides is 1. The monoisotopic (exact) mass is 548 g/mol. The number of carbonyl (C=O) groups is 2. The van der Waals surface area contributed by atoms with Gasteiger partial charge in [-0.25, -0.2) is 0 Å². The van der Waals surface area contributed by atoms with Gasteiger partial charge in [0, 0.05) is 24.2 Å². The van der Waals surface area contributed by atoms with Gasteiger partial charge < -0.3 is 10.0 Å². The highest BCUT2D eigenvalue weighted by Crippen LogP contribution is 2.40. The smallest absolute Gasteiger partial charge is 0.295 e. The van der Waals surface area contributed by atoms with Crippen LogP contribution in [0.5, 0.6) is 0 Å². The molecule has 7 nitrogen and oxygen atoms in total. The molecule has 2 aromatic carbocycles. The quantitative estimate of drug-likeness (QED) is 0.0502. The number of unbranched alkanes of at least 4 members (excludes halogenated alkanes) is 13. The summed E-state index contributed by atoms with van der Waals surface area (Å²) < 4.78 is 0. The van der Waals surface area contributed by atoms with Crippen molar-refractivity contribution in [2.75, 3.05) is 6.54 Å². The number of non-ortho nitro benzene ring substituents is 1. The standard InChI is InChI=1S/C33H44N2O5/c1-2-3-4-5-6-7-8-9-10-11-12-13-14-18-25-34-30(26-21-23-28(24-22-26)35(39)40)29(32(37)33(34)38)31(36)27-19-16-15-17-20-27/h15-17,19-24,30,36H,2-14,18,25H2,1H3/t30-/m0/s1. The number of nitrogens with zero attached hydrogens (tertiary/aromatic N) is 2. The van der Waals surface area contributed by atoms with E-state index in [1.54, 1.807) is 42.5 Å². The van der Waals surface area contributed by atoms with Gasteiger partial charge in [0.15, 0.2) is 0 Å². The molecular formula is C33H44N2O5. The van der Waals surface area contributed by atoms with Crippen molar-refractivity contribution in [3.8, 4) is 0 Å². The lowest BCUT2D eigenvalue weighted by Crippen LogP contribution is -2.30. The molecule has 1 N–H and O–H groups in total. The summed E-state index contributed by atoms with van der Waals surface area (Å²) in [4.78, 5) is 38.4. The summed E-state index contributed by atoms with van der Waals surface area (Å²) in [5.74, 6) is -1.60. The second kappa shape index (κ2) is 16.6. The number of carbonyl (C=O) groups excluding carboxylic acids is 2. The number of aliphatic hydroxyl groups is 1. The molecule has 0 radical (unpaired) electrons. The largest absolute Gasteiger partial charge is 0.507 e. The van der Waals surface area contributed by atoms with Crippen molar-refractivity contribution in [1.29, 1.82) is 0 Å². The Morgan fingerprint density at radius 3 is 1.77 bits per heavy atom. The first-order valence-corrected chi connectivity index (χ1v) is 15.0. The second-order valence-electron chi connectivity index (χ2n) is 10.8. The predicted octanol–water partition coefficient (Wildman–Crippen LogP) is 8.50. The van der Waals surface area contributed by atoms with Crippen molar-refractivity contribution < 1.29 is 19.6 Å². The van der Waals surface area contributed by atoms with Crippen LogP contribution in [0.2, 0.25) is 0 Å². The molecule has 40 heavy (non-hydrogen) atoms. The summed E-state index contributed by atoms with van der Waals surface area (Å²) in [6.07, 6.45) is 17.1. The molecule has 1 amide bonds. The predicted molar refractivity (Wildman–Crippen MR) is 159 cm³/mol. The van der Waals surface area contributed by atoms with Crippen LogP contribution in [-0.4, -0.2) is 33.2 Å². The molecule has 2 aromatic rings. The van der Waals surface area contributed by atoms with Crippen LogP contribution in [0.4, 0.5) is 5.69 Å². The van der Waals surface area contributed by atoms with Crippen LogP contribution in [0.15, 0.2) is 60.2 Å². The van der Waals surface area contributed by atoms with Gasteiger partial charge in [0.2, 0.25) is 0 Å². The van der Waals surface area contributed by atoms with Gasteiger partial charge in [0.25, 0.3) is 17.4 Å². The van der Waals surface area contributed by atoms with E-state index in [2.05, 4.69) is 6.92 Å². The van der Waals surface area contributed by atoms with Crippen molar-refractivity contribution >= 4 is 23.1 Å². The minimum atomic E-state index is -0.789. The number of Topliss-reactive ketones (excluding diaryl/α,β-unsaturated/α-hetero) is 1. The molecule has 1 saturated heterocycles. The van der Waals surface area contributed by atoms with Crippen LogP contribution in [0, 0.1) is 10.1 Å². The lowest BCUT2D eigenvalue weighted by molar-refractivity contribution is -0.384. The Labute approximate surface area is 238 Å². The van der Waals surface area contributed by atoms with Crippen molar-refractivity contribution in [2.45, 2.75) is 103 Å². The fourth-order valence-corrected chi connectivity index (χ4v) is 5.46. The molecule has 216 valence electrons. The normalized spacial score (nSPS) is 16.5. The fraction of sp³-hybridized carbons (Fsp3) is 0.515. The van der Waals surface area contributed by atoms with E-state index < -0.39 is 22.7 Å². The molecule has 1 atom stereocenters. The zero-order valence-electron chi connectivity index (χ0n) is 23.9. The van der Waals surface area contributed by atoms with Crippen LogP contribution >= 0.6 is 0 Å². The van der Waals surface area contributed by atoms with Gasteiger partial charge in [0.1, 0.15) is 5.76 Å². The lowest BCUT2D eigenvalue weighted by Gasteiger charge is -2.25. The third kappa shape index (κ3) is 8.77. The SMILES string of the molecule is CCCCCCCCCCCCCCCCN1C(=O)C(=O)C(=C(O)c2ccccc2)[C@@H]1c1ccc([N+](=O)[O-])cc1. The molecule has 0 bridgehead atoms. The maximum Gasteiger partial charge on any atom is 0.295 e. The minimum Gasteiger partial charge on any atom is -0.507 e. The van der Waals surface area contributed by atoms with E-state index >= 15 is 0 Å². The zero-order chi connectivity index (χ0) is 28.7. The summed E-state index contributed by atoms with van der Waals surface area (Å²) in [7, 11) is 0. The highest BCUT2D eigenvalue weighted by atomic mass is 16.6. The number of hydrogen-bond donors (Lipinski definition) is 1. The third-order valence-electron chi connectivity index (χ3n) is 7.76. The third-order valence-corrected chi connectivity index (χ3v) is 7.76. The van der Waals surface area contributed by atoms with Crippen LogP contribution in [0.1, 0.15) is 114 Å². The number of aliphatic hydroxyl groups excluding tert-OH is 1. The number of hydrogen-bond acceptors (Lipinski definition) is 5. The van der Waals surface area contributed by atoms with E-state index in [9.17, 15) is 24.8 Å². The molecule has 1 fully saturated rings. The first kappa shape index (κ1) is 31.1. The van der Waals surface area contributed by atoms with E-state index in [1.165, 1.54) is 81.2 Å². The number of nitro groups is 1. The van der Waals surface area contributed by atoms with Crippen molar-refractivity contribution in [3.05, 3.63) is 81.4 Å². The Morgan fingerprint density at radius 2 is 1.27 bits per heavy atom. The van der Waals surface area contributed by atoms with Crippen LogP contribution in [-0.2, 0) is 9.59 Å². The Bertz CT molecular complexity index is 1130. The number of benzene rings is 2. The molecule has 1 aliphatic rings. The summed E-state index contributed by atoms with van der Waals surface area (Å²) in [5, 5.41) is 22.2. The Hall–Kier alpha value is -3.48. The topological polar surface area (TPSA) is 101 Å². The molecule has 0 saturated carbocycles. The number of ketones is 1. The number of nitro benzene ring substituents is 1. The van der Waals surface area contributed by atoms with E-state index in [-0.39, 0.29) is 17.0 Å². The molecule has 0 aromatic heterocycles. The van der Waals surface area contributed by atoms with Gasteiger partial charge in [-0.15, -0.1) is 0 Å². The Balaban J connectivity index is 1.55. The summed E-state index contributed by atoms with van der Waals surface area (Å²) in [5.41, 5.74) is 0.961. The molecule has 1 aliphatic heterocycles. The maximum absolute atomic E-state index is 13.1. The summed E-state index contributed by atoms with van der Waals surface area (Å²) in [6, 6.07) is 13.7. The molecular weight excluding hydrogens is 504 g/mol. The maximum atomic E-state index is 13.1. The van der Waals surface area contributed by atoms with Gasteiger partial charge in [-0.1, -0.05) is 121 Å². The first-order valence-electron chi connectivity index (χ1n) is 15.0. The Morgan fingerprint density at radius 1 is 0.775 bits per heavy atom. The molecule has 0 spiro atoms. The van der Waals surface area contributed by atoms with E-state index in [1.807, 2.05) is 0 Å². The van der Waals surface area contributed by atoms with Crippen molar-refractivity contribution in [1.82, 2.24) is 4.90 Å². The second-order valence-corrected chi connectivity index (χ2v) is 10.8.